The Balaban J connectivity index is 1.86. The summed E-state index contributed by atoms with van der Waals surface area (Å²) in [6.07, 6.45) is 0. The Morgan fingerprint density at radius 2 is 2.16 bits per heavy atom. The number of ether oxygens (including phenoxy) is 1. The molecule has 132 valence electrons. The van der Waals surface area contributed by atoms with Gasteiger partial charge in [-0.25, -0.2) is 0 Å². The number of aromatic amines is 1. The van der Waals surface area contributed by atoms with E-state index in [1.807, 2.05) is 50.1 Å². The van der Waals surface area contributed by atoms with Crippen molar-refractivity contribution in [2.75, 3.05) is 13.7 Å². The zero-order chi connectivity index (χ0) is 18.0. The molecule has 0 saturated heterocycles. The van der Waals surface area contributed by atoms with Gasteiger partial charge in [0.05, 0.1) is 12.6 Å². The van der Waals surface area contributed by atoms with Gasteiger partial charge in [-0.05, 0) is 52.1 Å². The number of benzene rings is 1. The summed E-state index contributed by atoms with van der Waals surface area (Å²) >= 11 is 0. The molecule has 1 unspecified atom stereocenters. The highest BCUT2D eigenvalue weighted by molar-refractivity contribution is 5.80. The largest absolute Gasteiger partial charge is 0.494 e. The molecule has 0 amide bonds. The summed E-state index contributed by atoms with van der Waals surface area (Å²) in [6.45, 7) is 6.76. The Hall–Kier alpha value is -2.67. The molecule has 1 N–H and O–H groups in total. The van der Waals surface area contributed by atoms with Crippen molar-refractivity contribution in [2.45, 2.75) is 33.4 Å². The molecule has 0 aliphatic carbocycles. The first-order chi connectivity index (χ1) is 12.0. The van der Waals surface area contributed by atoms with Gasteiger partial charge >= 0.3 is 0 Å². The zero-order valence-electron chi connectivity index (χ0n) is 14.9. The molecule has 0 fully saturated rings. The second kappa shape index (κ2) is 7.06. The third-order valence-electron chi connectivity index (χ3n) is 4.19. The van der Waals surface area contributed by atoms with Gasteiger partial charge in [0.1, 0.15) is 5.75 Å². The summed E-state index contributed by atoms with van der Waals surface area (Å²) in [6, 6.07) is 7.46. The van der Waals surface area contributed by atoms with Crippen molar-refractivity contribution >= 4 is 10.9 Å². The molecule has 7 heteroatoms. The molecule has 2 aromatic heterocycles. The predicted molar refractivity (Wildman–Crippen MR) is 94.7 cm³/mol. The molecular weight excluding hydrogens is 320 g/mol. The van der Waals surface area contributed by atoms with Gasteiger partial charge in [-0.1, -0.05) is 5.16 Å². The third-order valence-corrected chi connectivity index (χ3v) is 4.19. The van der Waals surface area contributed by atoms with E-state index in [2.05, 4.69) is 15.1 Å². The van der Waals surface area contributed by atoms with Gasteiger partial charge in [0, 0.05) is 23.0 Å². The Morgan fingerprint density at radius 1 is 1.36 bits per heavy atom. The highest BCUT2D eigenvalue weighted by Gasteiger charge is 2.19. The minimum atomic E-state index is -0.0996. The van der Waals surface area contributed by atoms with Gasteiger partial charge in [-0.3, -0.25) is 9.69 Å². The second-order valence-electron chi connectivity index (χ2n) is 6.08. The van der Waals surface area contributed by atoms with E-state index in [9.17, 15) is 4.79 Å². The Bertz CT molecular complexity index is 931. The van der Waals surface area contributed by atoms with Crippen molar-refractivity contribution in [3.8, 4) is 5.75 Å². The summed E-state index contributed by atoms with van der Waals surface area (Å²) in [4.78, 5) is 21.6. The van der Waals surface area contributed by atoms with E-state index in [-0.39, 0.29) is 11.6 Å². The van der Waals surface area contributed by atoms with Crippen molar-refractivity contribution in [3.05, 3.63) is 51.9 Å². The Kier molecular flexibility index (Phi) is 4.85. The SMILES string of the molecule is CCOc1ccc2[nH]c(=O)c(CN(C)C(C)c3nc(C)no3)cc2c1. The number of nitrogens with zero attached hydrogens (tertiary/aromatic N) is 3. The maximum absolute atomic E-state index is 12.4. The average molecular weight is 342 g/mol. The first-order valence-electron chi connectivity index (χ1n) is 8.27. The topological polar surface area (TPSA) is 84.3 Å². The summed E-state index contributed by atoms with van der Waals surface area (Å²) in [5.41, 5.74) is 1.37. The van der Waals surface area contributed by atoms with Crippen LogP contribution in [0.25, 0.3) is 10.9 Å². The number of hydrogen-bond donors (Lipinski definition) is 1. The highest BCUT2D eigenvalue weighted by atomic mass is 16.5. The maximum atomic E-state index is 12.4. The summed E-state index contributed by atoms with van der Waals surface area (Å²) in [5.74, 6) is 1.93. The number of fused-ring (bicyclic) bond motifs is 1. The van der Waals surface area contributed by atoms with E-state index in [0.29, 0.717) is 30.4 Å². The predicted octanol–water partition coefficient (Wildman–Crippen LogP) is 2.81. The van der Waals surface area contributed by atoms with Crippen LogP contribution in [0.4, 0.5) is 0 Å². The number of aromatic nitrogens is 3. The number of rotatable bonds is 6. The van der Waals surface area contributed by atoms with Gasteiger partial charge in [0.15, 0.2) is 5.82 Å². The molecule has 3 aromatic rings. The van der Waals surface area contributed by atoms with Crippen LogP contribution in [-0.4, -0.2) is 33.7 Å². The Morgan fingerprint density at radius 3 is 2.84 bits per heavy atom. The van der Waals surface area contributed by atoms with Crippen molar-refractivity contribution in [2.24, 2.45) is 0 Å². The molecule has 7 nitrogen and oxygen atoms in total. The van der Waals surface area contributed by atoms with Crippen LogP contribution in [0.15, 0.2) is 33.6 Å². The molecule has 0 aliphatic heterocycles. The molecule has 2 heterocycles. The smallest absolute Gasteiger partial charge is 0.252 e. The summed E-state index contributed by atoms with van der Waals surface area (Å²) in [7, 11) is 1.92. The molecule has 0 saturated carbocycles. The van der Waals surface area contributed by atoms with Gasteiger partial charge in [-0.2, -0.15) is 4.98 Å². The second-order valence-corrected chi connectivity index (χ2v) is 6.08. The van der Waals surface area contributed by atoms with Crippen LogP contribution in [0, 0.1) is 6.92 Å². The van der Waals surface area contributed by atoms with Gasteiger partial charge in [0.25, 0.3) is 5.56 Å². The number of hydrogen-bond acceptors (Lipinski definition) is 6. The fourth-order valence-electron chi connectivity index (χ4n) is 2.68. The van der Waals surface area contributed by atoms with E-state index in [4.69, 9.17) is 9.26 Å². The molecule has 0 aliphatic rings. The Labute approximate surface area is 145 Å². The molecule has 0 spiro atoms. The first-order valence-corrected chi connectivity index (χ1v) is 8.27. The van der Waals surface area contributed by atoms with Crippen molar-refractivity contribution in [1.29, 1.82) is 0 Å². The molecular formula is C18H22N4O3. The molecule has 1 atom stereocenters. The van der Waals surface area contributed by atoms with E-state index in [1.54, 1.807) is 6.92 Å². The number of H-pyrrole nitrogens is 1. The van der Waals surface area contributed by atoms with E-state index >= 15 is 0 Å². The van der Waals surface area contributed by atoms with Gasteiger partial charge < -0.3 is 14.2 Å². The molecule has 1 aromatic carbocycles. The minimum absolute atomic E-state index is 0.0916. The minimum Gasteiger partial charge on any atom is -0.494 e. The van der Waals surface area contributed by atoms with Crippen LogP contribution in [0.5, 0.6) is 5.75 Å². The van der Waals surface area contributed by atoms with Crippen LogP contribution in [0.2, 0.25) is 0 Å². The van der Waals surface area contributed by atoms with Crippen LogP contribution < -0.4 is 10.3 Å². The molecule has 25 heavy (non-hydrogen) atoms. The average Bonchev–Trinajstić information content (AvgIpc) is 3.01. The fourth-order valence-corrected chi connectivity index (χ4v) is 2.68. The van der Waals surface area contributed by atoms with E-state index < -0.39 is 0 Å². The quantitative estimate of drug-likeness (QED) is 0.741. The highest BCUT2D eigenvalue weighted by Crippen LogP contribution is 2.21. The number of aryl methyl sites for hydroxylation is 1. The first kappa shape index (κ1) is 17.2. The van der Waals surface area contributed by atoms with Gasteiger partial charge in [-0.15, -0.1) is 0 Å². The van der Waals surface area contributed by atoms with E-state index in [0.717, 1.165) is 16.7 Å². The lowest BCUT2D eigenvalue weighted by atomic mass is 10.1. The van der Waals surface area contributed by atoms with Gasteiger partial charge in [0.2, 0.25) is 5.89 Å². The lowest BCUT2D eigenvalue weighted by molar-refractivity contribution is 0.202. The van der Waals surface area contributed by atoms with Crippen LogP contribution in [0.1, 0.15) is 37.2 Å². The third kappa shape index (κ3) is 3.71. The number of nitrogens with one attached hydrogen (secondary N) is 1. The fraction of sp³-hybridized carbons (Fsp3) is 0.389. The van der Waals surface area contributed by atoms with E-state index in [1.165, 1.54) is 0 Å². The monoisotopic (exact) mass is 342 g/mol. The summed E-state index contributed by atoms with van der Waals surface area (Å²) < 4.78 is 10.8. The molecule has 3 rings (SSSR count). The van der Waals surface area contributed by atoms with Crippen LogP contribution in [-0.2, 0) is 6.54 Å². The van der Waals surface area contributed by atoms with Crippen LogP contribution >= 0.6 is 0 Å². The van der Waals surface area contributed by atoms with Crippen molar-refractivity contribution in [1.82, 2.24) is 20.0 Å². The summed E-state index contributed by atoms with van der Waals surface area (Å²) in [5, 5.41) is 4.76. The van der Waals surface area contributed by atoms with Crippen molar-refractivity contribution < 1.29 is 9.26 Å². The zero-order valence-corrected chi connectivity index (χ0v) is 14.9. The standard InChI is InChI=1S/C18H22N4O3/c1-5-24-15-6-7-16-13(9-15)8-14(17(23)20-16)10-22(4)11(2)18-19-12(3)21-25-18/h6-9,11H,5,10H2,1-4H3,(H,20,23). The lowest BCUT2D eigenvalue weighted by Gasteiger charge is -2.21. The number of pyridine rings is 1. The normalized spacial score (nSPS) is 12.7. The van der Waals surface area contributed by atoms with Crippen molar-refractivity contribution in [3.63, 3.8) is 0 Å². The van der Waals surface area contributed by atoms with Crippen LogP contribution in [0.3, 0.4) is 0 Å². The molecule has 0 bridgehead atoms. The maximum Gasteiger partial charge on any atom is 0.252 e. The lowest BCUT2D eigenvalue weighted by Crippen LogP contribution is -2.26. The molecule has 0 radical (unpaired) electrons.